The number of carbonyl (C=O) groups excluding carboxylic acids is 1. The van der Waals surface area contributed by atoms with Crippen molar-refractivity contribution in [1.82, 2.24) is 15.1 Å². The lowest BCUT2D eigenvalue weighted by atomic mass is 9.92. The number of nitrogens with one attached hydrogen (secondary N) is 1. The molecule has 1 fully saturated rings. The van der Waals surface area contributed by atoms with Gasteiger partial charge in [0.15, 0.2) is 0 Å². The summed E-state index contributed by atoms with van der Waals surface area (Å²) in [6, 6.07) is 7.96. The summed E-state index contributed by atoms with van der Waals surface area (Å²) in [5, 5.41) is 7.76. The monoisotopic (exact) mass is 309 g/mol. The predicted molar refractivity (Wildman–Crippen MR) is 90.4 cm³/mol. The van der Waals surface area contributed by atoms with Crippen LogP contribution in [0.15, 0.2) is 24.3 Å². The van der Waals surface area contributed by atoms with Gasteiger partial charge < -0.3 is 4.90 Å². The van der Waals surface area contributed by atoms with Crippen LogP contribution in [0.4, 0.5) is 0 Å². The second kappa shape index (κ2) is 6.19. The number of nitrogens with zero attached hydrogens (tertiary/aromatic N) is 2. The molecule has 1 saturated heterocycles. The molecule has 23 heavy (non-hydrogen) atoms. The summed E-state index contributed by atoms with van der Waals surface area (Å²) in [5.74, 6) is 0.160. The van der Waals surface area contributed by atoms with Gasteiger partial charge in [-0.2, -0.15) is 5.10 Å². The van der Waals surface area contributed by atoms with E-state index in [0.717, 1.165) is 55.6 Å². The SMILES string of the molecule is O=C(c1ccccc1-c1n[nH]c2c1CCCC2)N1CCCCC1. The molecule has 1 amide bonds. The summed E-state index contributed by atoms with van der Waals surface area (Å²) in [6.45, 7) is 1.76. The molecular formula is C19H23N3O. The maximum Gasteiger partial charge on any atom is 0.254 e. The molecule has 0 radical (unpaired) electrons. The van der Waals surface area contributed by atoms with E-state index < -0.39 is 0 Å². The molecule has 1 aliphatic carbocycles. The van der Waals surface area contributed by atoms with Gasteiger partial charge in [-0.15, -0.1) is 0 Å². The molecule has 2 aliphatic rings. The van der Waals surface area contributed by atoms with Gasteiger partial charge >= 0.3 is 0 Å². The lowest BCUT2D eigenvalue weighted by Crippen LogP contribution is -2.35. The normalized spacial score (nSPS) is 17.8. The second-order valence-corrected chi connectivity index (χ2v) is 6.63. The van der Waals surface area contributed by atoms with E-state index in [1.165, 1.54) is 30.5 Å². The van der Waals surface area contributed by atoms with Crippen molar-refractivity contribution < 1.29 is 4.79 Å². The summed E-state index contributed by atoms with van der Waals surface area (Å²) in [6.07, 6.45) is 8.04. The van der Waals surface area contributed by atoms with Crippen molar-refractivity contribution in [2.24, 2.45) is 0 Å². The van der Waals surface area contributed by atoms with Gasteiger partial charge in [-0.1, -0.05) is 18.2 Å². The lowest BCUT2D eigenvalue weighted by Gasteiger charge is -2.27. The van der Waals surface area contributed by atoms with Crippen LogP contribution in [-0.2, 0) is 12.8 Å². The third-order valence-corrected chi connectivity index (χ3v) is 5.11. The van der Waals surface area contributed by atoms with E-state index in [2.05, 4.69) is 10.2 Å². The highest BCUT2D eigenvalue weighted by Crippen LogP contribution is 2.32. The molecule has 2 heterocycles. The summed E-state index contributed by atoms with van der Waals surface area (Å²) >= 11 is 0. The zero-order valence-corrected chi connectivity index (χ0v) is 13.5. The van der Waals surface area contributed by atoms with Crippen LogP contribution in [0, 0.1) is 0 Å². The average Bonchev–Trinajstić information content (AvgIpc) is 3.06. The highest BCUT2D eigenvalue weighted by molar-refractivity contribution is 6.00. The zero-order chi connectivity index (χ0) is 15.6. The molecule has 120 valence electrons. The number of piperidine rings is 1. The number of fused-ring (bicyclic) bond motifs is 1. The molecule has 2 aromatic rings. The molecule has 1 aliphatic heterocycles. The molecule has 1 N–H and O–H groups in total. The molecule has 0 spiro atoms. The summed E-state index contributed by atoms with van der Waals surface area (Å²) < 4.78 is 0. The van der Waals surface area contributed by atoms with Crippen LogP contribution in [0.5, 0.6) is 0 Å². The van der Waals surface area contributed by atoms with Crippen molar-refractivity contribution in [3.63, 3.8) is 0 Å². The highest BCUT2D eigenvalue weighted by atomic mass is 16.2. The van der Waals surface area contributed by atoms with E-state index >= 15 is 0 Å². The Morgan fingerprint density at radius 1 is 1.00 bits per heavy atom. The molecule has 4 heteroatoms. The minimum atomic E-state index is 0.160. The number of likely N-dealkylation sites (tertiary alicyclic amines) is 1. The smallest absolute Gasteiger partial charge is 0.254 e. The number of carbonyl (C=O) groups is 1. The summed E-state index contributed by atoms with van der Waals surface area (Å²) in [4.78, 5) is 15.0. The van der Waals surface area contributed by atoms with Crippen molar-refractivity contribution in [2.45, 2.75) is 44.9 Å². The van der Waals surface area contributed by atoms with Gasteiger partial charge in [-0.25, -0.2) is 0 Å². The number of H-pyrrole nitrogens is 1. The number of aryl methyl sites for hydroxylation is 1. The Bertz CT molecular complexity index is 713. The second-order valence-electron chi connectivity index (χ2n) is 6.63. The number of aromatic amines is 1. The van der Waals surface area contributed by atoms with Crippen LogP contribution >= 0.6 is 0 Å². The molecule has 4 rings (SSSR count). The molecule has 0 bridgehead atoms. The number of hydrogen-bond acceptors (Lipinski definition) is 2. The number of amides is 1. The molecule has 1 aromatic heterocycles. The number of hydrogen-bond donors (Lipinski definition) is 1. The van der Waals surface area contributed by atoms with Crippen LogP contribution in [0.2, 0.25) is 0 Å². The Morgan fingerprint density at radius 3 is 2.65 bits per heavy atom. The highest BCUT2D eigenvalue weighted by Gasteiger charge is 2.24. The third kappa shape index (κ3) is 2.67. The molecule has 0 unspecified atom stereocenters. The van der Waals surface area contributed by atoms with Crippen LogP contribution in [0.1, 0.15) is 53.7 Å². The number of benzene rings is 1. The van der Waals surface area contributed by atoms with E-state index in [4.69, 9.17) is 0 Å². The first-order valence-corrected chi connectivity index (χ1v) is 8.79. The minimum absolute atomic E-state index is 0.160. The van der Waals surface area contributed by atoms with Gasteiger partial charge in [0.2, 0.25) is 0 Å². The van der Waals surface area contributed by atoms with Gasteiger partial charge in [-0.05, 0) is 51.0 Å². The van der Waals surface area contributed by atoms with Crippen LogP contribution in [-0.4, -0.2) is 34.1 Å². The third-order valence-electron chi connectivity index (χ3n) is 5.11. The summed E-state index contributed by atoms with van der Waals surface area (Å²) in [7, 11) is 0. The molecular weight excluding hydrogens is 286 g/mol. The van der Waals surface area contributed by atoms with Crippen molar-refractivity contribution in [2.75, 3.05) is 13.1 Å². The van der Waals surface area contributed by atoms with Crippen molar-refractivity contribution in [3.8, 4) is 11.3 Å². The number of rotatable bonds is 2. The van der Waals surface area contributed by atoms with Gasteiger partial charge in [0.1, 0.15) is 0 Å². The van der Waals surface area contributed by atoms with Crippen molar-refractivity contribution >= 4 is 5.91 Å². The van der Waals surface area contributed by atoms with Crippen LogP contribution in [0.25, 0.3) is 11.3 Å². The van der Waals surface area contributed by atoms with E-state index in [1.54, 1.807) is 0 Å². The fourth-order valence-electron chi connectivity index (χ4n) is 3.85. The molecule has 0 atom stereocenters. The van der Waals surface area contributed by atoms with Crippen molar-refractivity contribution in [3.05, 3.63) is 41.1 Å². The van der Waals surface area contributed by atoms with Gasteiger partial charge in [-0.3, -0.25) is 9.89 Å². The van der Waals surface area contributed by atoms with E-state index in [-0.39, 0.29) is 5.91 Å². The Kier molecular flexibility index (Phi) is 3.90. The fraction of sp³-hybridized carbons (Fsp3) is 0.474. The largest absolute Gasteiger partial charge is 0.339 e. The maximum atomic E-state index is 13.0. The topological polar surface area (TPSA) is 49.0 Å². The van der Waals surface area contributed by atoms with E-state index in [1.807, 2.05) is 29.2 Å². The van der Waals surface area contributed by atoms with Gasteiger partial charge in [0, 0.05) is 35.5 Å². The zero-order valence-electron chi connectivity index (χ0n) is 13.5. The Balaban J connectivity index is 1.72. The minimum Gasteiger partial charge on any atom is -0.339 e. The Labute approximate surface area is 136 Å². The van der Waals surface area contributed by atoms with Crippen molar-refractivity contribution in [1.29, 1.82) is 0 Å². The first-order chi connectivity index (χ1) is 11.3. The fourth-order valence-corrected chi connectivity index (χ4v) is 3.85. The maximum absolute atomic E-state index is 13.0. The standard InChI is InChI=1S/C19H23N3O/c23-19(22-12-6-1-7-13-22)15-9-3-2-8-14(15)18-16-10-4-5-11-17(16)20-21-18/h2-3,8-9H,1,4-7,10-13H2,(H,20,21). The van der Waals surface area contributed by atoms with Gasteiger partial charge in [0.25, 0.3) is 5.91 Å². The van der Waals surface area contributed by atoms with Crippen LogP contribution in [0.3, 0.4) is 0 Å². The van der Waals surface area contributed by atoms with Gasteiger partial charge in [0.05, 0.1) is 5.69 Å². The Morgan fingerprint density at radius 2 is 1.78 bits per heavy atom. The Hall–Kier alpha value is -2.10. The van der Waals surface area contributed by atoms with E-state index in [9.17, 15) is 4.79 Å². The molecule has 1 aromatic carbocycles. The lowest BCUT2D eigenvalue weighted by molar-refractivity contribution is 0.0725. The molecule has 0 saturated carbocycles. The van der Waals surface area contributed by atoms with E-state index in [0.29, 0.717) is 0 Å². The number of aromatic nitrogens is 2. The first kappa shape index (κ1) is 14.5. The predicted octanol–water partition coefficient (Wildman–Crippen LogP) is 3.58. The average molecular weight is 309 g/mol. The quantitative estimate of drug-likeness (QED) is 0.921. The molecule has 4 nitrogen and oxygen atoms in total. The van der Waals surface area contributed by atoms with Crippen LogP contribution < -0.4 is 0 Å². The first-order valence-electron chi connectivity index (χ1n) is 8.79. The summed E-state index contributed by atoms with van der Waals surface area (Å²) in [5.41, 5.74) is 5.35.